The quantitative estimate of drug-likeness (QED) is 0.884. The van der Waals surface area contributed by atoms with Crippen molar-refractivity contribution in [1.29, 1.82) is 0 Å². The maximum atomic E-state index is 13.8. The van der Waals surface area contributed by atoms with Gasteiger partial charge in [-0.25, -0.2) is 13.6 Å². The molecule has 0 aliphatic heterocycles. The zero-order valence-corrected chi connectivity index (χ0v) is 11.6. The number of halogens is 2. The number of aromatic carboxylic acids is 1. The van der Waals surface area contributed by atoms with E-state index in [1.807, 2.05) is 0 Å². The Balaban J connectivity index is 2.28. The lowest BCUT2D eigenvalue weighted by Gasteiger charge is -2.36. The van der Waals surface area contributed by atoms with E-state index < -0.39 is 23.2 Å². The summed E-state index contributed by atoms with van der Waals surface area (Å²) < 4.78 is 27.2. The minimum absolute atomic E-state index is 0.0643. The van der Waals surface area contributed by atoms with Gasteiger partial charge in [-0.15, -0.1) is 0 Å². The summed E-state index contributed by atoms with van der Waals surface area (Å²) in [6.45, 7) is 4.18. The number of benzene rings is 1. The van der Waals surface area contributed by atoms with Crippen LogP contribution in [0.5, 0.6) is 0 Å². The average molecular weight is 283 g/mol. The van der Waals surface area contributed by atoms with Crippen LogP contribution >= 0.6 is 0 Å². The molecule has 2 atom stereocenters. The number of carbonyl (C=O) groups is 1. The van der Waals surface area contributed by atoms with Crippen molar-refractivity contribution in [3.8, 4) is 0 Å². The highest BCUT2D eigenvalue weighted by Gasteiger charge is 2.28. The minimum Gasteiger partial charge on any atom is -0.478 e. The average Bonchev–Trinajstić information content (AvgIpc) is 2.35. The van der Waals surface area contributed by atoms with Crippen LogP contribution in [0.25, 0.3) is 0 Å². The maximum Gasteiger partial charge on any atom is 0.338 e. The lowest BCUT2D eigenvalue weighted by Crippen LogP contribution is -2.37. The number of nitrogens with one attached hydrogen (secondary N) is 1. The van der Waals surface area contributed by atoms with E-state index in [4.69, 9.17) is 5.11 Å². The molecule has 1 aliphatic rings. The summed E-state index contributed by atoms with van der Waals surface area (Å²) in [5, 5.41) is 12.0. The molecule has 0 bridgehead atoms. The van der Waals surface area contributed by atoms with E-state index in [2.05, 4.69) is 19.2 Å². The van der Waals surface area contributed by atoms with Crippen molar-refractivity contribution < 1.29 is 18.7 Å². The molecule has 1 aromatic carbocycles. The number of rotatable bonds is 3. The molecule has 2 rings (SSSR count). The molecule has 0 saturated heterocycles. The van der Waals surface area contributed by atoms with Crippen molar-refractivity contribution >= 4 is 11.7 Å². The molecule has 2 unspecified atom stereocenters. The number of anilines is 1. The maximum absolute atomic E-state index is 13.8. The van der Waals surface area contributed by atoms with Crippen LogP contribution in [0.4, 0.5) is 14.5 Å². The number of carboxylic acids is 1. The van der Waals surface area contributed by atoms with E-state index in [1.54, 1.807) is 0 Å². The van der Waals surface area contributed by atoms with Crippen molar-refractivity contribution in [2.45, 2.75) is 39.2 Å². The molecule has 20 heavy (non-hydrogen) atoms. The van der Waals surface area contributed by atoms with Crippen LogP contribution < -0.4 is 5.32 Å². The standard InChI is InChI=1S/C15H19F2NO2/c1-8-4-3-5-9(2)14(8)18-13-6-10(15(19)20)11(16)7-12(13)17/h6-9,14,18H,3-5H2,1-2H3,(H,19,20). The van der Waals surface area contributed by atoms with Gasteiger partial charge in [-0.05, 0) is 30.7 Å². The van der Waals surface area contributed by atoms with E-state index in [0.29, 0.717) is 17.9 Å². The summed E-state index contributed by atoms with van der Waals surface area (Å²) in [7, 11) is 0. The molecule has 1 aliphatic carbocycles. The highest BCUT2D eigenvalue weighted by molar-refractivity contribution is 5.89. The molecule has 1 fully saturated rings. The molecule has 1 saturated carbocycles. The fourth-order valence-corrected chi connectivity index (χ4v) is 2.97. The molecular formula is C15H19F2NO2. The van der Waals surface area contributed by atoms with Gasteiger partial charge in [-0.1, -0.05) is 20.3 Å². The Bertz CT molecular complexity index is 509. The van der Waals surface area contributed by atoms with E-state index in [-0.39, 0.29) is 11.7 Å². The number of hydrogen-bond donors (Lipinski definition) is 2. The predicted molar refractivity (Wildman–Crippen MR) is 72.9 cm³/mol. The van der Waals surface area contributed by atoms with Gasteiger partial charge in [0.25, 0.3) is 0 Å². The van der Waals surface area contributed by atoms with Gasteiger partial charge < -0.3 is 10.4 Å². The summed E-state index contributed by atoms with van der Waals surface area (Å²) in [5.74, 6) is -2.45. The fraction of sp³-hybridized carbons (Fsp3) is 0.533. The molecule has 110 valence electrons. The van der Waals surface area contributed by atoms with Gasteiger partial charge in [0.2, 0.25) is 0 Å². The van der Waals surface area contributed by atoms with Crippen LogP contribution in [0.3, 0.4) is 0 Å². The number of carboxylic acid groups (broad SMARTS) is 1. The highest BCUT2D eigenvalue weighted by atomic mass is 19.1. The Morgan fingerprint density at radius 1 is 1.20 bits per heavy atom. The van der Waals surface area contributed by atoms with Gasteiger partial charge in [0.05, 0.1) is 11.3 Å². The summed E-state index contributed by atoms with van der Waals surface area (Å²) in [5.41, 5.74) is -0.445. The smallest absolute Gasteiger partial charge is 0.338 e. The topological polar surface area (TPSA) is 49.3 Å². The molecule has 1 aromatic rings. The van der Waals surface area contributed by atoms with Gasteiger partial charge >= 0.3 is 5.97 Å². The van der Waals surface area contributed by atoms with Crippen LogP contribution in [0.2, 0.25) is 0 Å². The molecule has 5 heteroatoms. The first kappa shape index (κ1) is 14.8. The summed E-state index contributed by atoms with van der Waals surface area (Å²) in [6.07, 6.45) is 3.25. The van der Waals surface area contributed by atoms with Crippen LogP contribution in [0.1, 0.15) is 43.5 Å². The van der Waals surface area contributed by atoms with Crippen molar-refractivity contribution in [3.63, 3.8) is 0 Å². The Kier molecular flexibility index (Phi) is 4.26. The summed E-state index contributed by atoms with van der Waals surface area (Å²) in [4.78, 5) is 10.9. The van der Waals surface area contributed by atoms with E-state index in [9.17, 15) is 13.6 Å². The Hall–Kier alpha value is -1.65. The normalized spacial score (nSPS) is 26.3. The van der Waals surface area contributed by atoms with E-state index in [0.717, 1.165) is 25.3 Å². The van der Waals surface area contributed by atoms with Gasteiger partial charge in [0.15, 0.2) is 0 Å². The molecule has 0 spiro atoms. The second-order valence-electron chi connectivity index (χ2n) is 5.67. The Morgan fingerprint density at radius 3 is 2.35 bits per heavy atom. The molecule has 0 aromatic heterocycles. The van der Waals surface area contributed by atoms with Gasteiger partial charge in [0.1, 0.15) is 11.6 Å². The second-order valence-corrected chi connectivity index (χ2v) is 5.67. The van der Waals surface area contributed by atoms with Crippen molar-refractivity contribution in [2.75, 3.05) is 5.32 Å². The first-order valence-corrected chi connectivity index (χ1v) is 6.89. The fourth-order valence-electron chi connectivity index (χ4n) is 2.97. The van der Waals surface area contributed by atoms with Crippen LogP contribution in [0.15, 0.2) is 12.1 Å². The van der Waals surface area contributed by atoms with E-state index >= 15 is 0 Å². The zero-order chi connectivity index (χ0) is 14.9. The Morgan fingerprint density at radius 2 is 1.80 bits per heavy atom. The van der Waals surface area contributed by atoms with E-state index in [1.165, 1.54) is 0 Å². The van der Waals surface area contributed by atoms with Crippen molar-refractivity contribution in [2.24, 2.45) is 11.8 Å². The monoisotopic (exact) mass is 283 g/mol. The largest absolute Gasteiger partial charge is 0.478 e. The predicted octanol–water partition coefficient (Wildman–Crippen LogP) is 3.90. The van der Waals surface area contributed by atoms with Crippen LogP contribution in [0, 0.1) is 23.5 Å². The Labute approximate surface area is 117 Å². The zero-order valence-electron chi connectivity index (χ0n) is 11.6. The molecular weight excluding hydrogens is 264 g/mol. The van der Waals surface area contributed by atoms with Gasteiger partial charge in [0, 0.05) is 12.1 Å². The number of hydrogen-bond acceptors (Lipinski definition) is 2. The third kappa shape index (κ3) is 2.92. The van der Waals surface area contributed by atoms with Gasteiger partial charge in [-0.3, -0.25) is 0 Å². The second kappa shape index (κ2) is 5.77. The van der Waals surface area contributed by atoms with Crippen LogP contribution in [-0.4, -0.2) is 17.1 Å². The SMILES string of the molecule is CC1CCCC(C)C1Nc1cc(C(=O)O)c(F)cc1F. The molecule has 0 heterocycles. The lowest BCUT2D eigenvalue weighted by molar-refractivity contribution is 0.0692. The summed E-state index contributed by atoms with van der Waals surface area (Å²) >= 11 is 0. The molecule has 2 N–H and O–H groups in total. The first-order valence-electron chi connectivity index (χ1n) is 6.89. The molecule has 0 radical (unpaired) electrons. The highest BCUT2D eigenvalue weighted by Crippen LogP contribution is 2.32. The van der Waals surface area contributed by atoms with Crippen molar-refractivity contribution in [3.05, 3.63) is 29.3 Å². The lowest BCUT2D eigenvalue weighted by atomic mass is 9.78. The third-order valence-corrected chi connectivity index (χ3v) is 4.15. The van der Waals surface area contributed by atoms with Crippen LogP contribution in [-0.2, 0) is 0 Å². The van der Waals surface area contributed by atoms with Crippen molar-refractivity contribution in [1.82, 2.24) is 0 Å². The molecule has 0 amide bonds. The third-order valence-electron chi connectivity index (χ3n) is 4.15. The first-order chi connectivity index (χ1) is 9.40. The molecule has 3 nitrogen and oxygen atoms in total. The van der Waals surface area contributed by atoms with Gasteiger partial charge in [-0.2, -0.15) is 0 Å². The summed E-state index contributed by atoms with van der Waals surface area (Å²) in [6, 6.07) is 1.75. The minimum atomic E-state index is -1.39.